The van der Waals surface area contributed by atoms with Crippen LogP contribution in [-0.4, -0.2) is 49.8 Å². The van der Waals surface area contributed by atoms with Gasteiger partial charge in [0.25, 0.3) is 0 Å². The number of hydrogen-bond acceptors (Lipinski definition) is 4. The van der Waals surface area contributed by atoms with Gasteiger partial charge in [-0.1, -0.05) is 13.3 Å². The summed E-state index contributed by atoms with van der Waals surface area (Å²) < 4.78 is 10.3. The average Bonchev–Trinajstić information content (AvgIpc) is 3.12. The van der Waals surface area contributed by atoms with E-state index in [4.69, 9.17) is 9.47 Å². The summed E-state index contributed by atoms with van der Waals surface area (Å²) in [6.07, 6.45) is 4.27. The molecule has 0 saturated heterocycles. The molecule has 0 spiro atoms. The molecule has 100 valence electrons. The summed E-state index contributed by atoms with van der Waals surface area (Å²) in [5.41, 5.74) is 0. The van der Waals surface area contributed by atoms with Crippen LogP contribution in [-0.2, 0) is 14.3 Å². The molecular weight excluding hydrogens is 218 g/mol. The van der Waals surface area contributed by atoms with E-state index in [1.54, 1.807) is 7.11 Å². The normalized spacial score (nSPS) is 17.2. The first-order valence-corrected chi connectivity index (χ1v) is 6.65. The van der Waals surface area contributed by atoms with Gasteiger partial charge in [0.2, 0.25) is 0 Å². The zero-order valence-electron chi connectivity index (χ0n) is 11.3. The Morgan fingerprint density at radius 1 is 1.41 bits per heavy atom. The predicted octanol–water partition coefficient (Wildman–Crippen LogP) is 1.83. The molecule has 1 saturated carbocycles. The zero-order chi connectivity index (χ0) is 12.7. The molecule has 0 bridgehead atoms. The van der Waals surface area contributed by atoms with Crippen LogP contribution in [0.4, 0.5) is 0 Å². The molecule has 4 nitrogen and oxygen atoms in total. The maximum absolute atomic E-state index is 12.0. The molecule has 1 rings (SSSR count). The molecule has 0 aromatic heterocycles. The summed E-state index contributed by atoms with van der Waals surface area (Å²) in [7, 11) is 1.70. The van der Waals surface area contributed by atoms with E-state index in [1.807, 2.05) is 6.92 Å². The maximum Gasteiger partial charge on any atom is 0.323 e. The fraction of sp³-hybridized carbons (Fsp3) is 0.923. The van der Waals surface area contributed by atoms with Crippen molar-refractivity contribution in [1.82, 2.24) is 4.90 Å². The van der Waals surface area contributed by atoms with Crippen molar-refractivity contribution < 1.29 is 14.3 Å². The second-order valence-corrected chi connectivity index (χ2v) is 4.52. The van der Waals surface area contributed by atoms with Crippen molar-refractivity contribution in [1.29, 1.82) is 0 Å². The Labute approximate surface area is 104 Å². The van der Waals surface area contributed by atoms with Crippen molar-refractivity contribution in [2.75, 3.05) is 26.9 Å². The van der Waals surface area contributed by atoms with Crippen molar-refractivity contribution >= 4 is 5.97 Å². The summed E-state index contributed by atoms with van der Waals surface area (Å²) in [6.45, 7) is 5.92. The molecule has 0 aliphatic heterocycles. The Kier molecular flexibility index (Phi) is 6.52. The molecular formula is C13H25NO3. The van der Waals surface area contributed by atoms with E-state index >= 15 is 0 Å². The van der Waals surface area contributed by atoms with Gasteiger partial charge in [-0.25, -0.2) is 0 Å². The van der Waals surface area contributed by atoms with Gasteiger partial charge in [-0.3, -0.25) is 9.69 Å². The molecule has 1 unspecified atom stereocenters. The van der Waals surface area contributed by atoms with Crippen molar-refractivity contribution in [3.8, 4) is 0 Å². The maximum atomic E-state index is 12.0. The van der Waals surface area contributed by atoms with Crippen LogP contribution in [0.15, 0.2) is 0 Å². The van der Waals surface area contributed by atoms with E-state index in [-0.39, 0.29) is 12.0 Å². The highest BCUT2D eigenvalue weighted by Gasteiger charge is 2.37. The van der Waals surface area contributed by atoms with E-state index in [9.17, 15) is 4.79 Å². The molecule has 1 atom stereocenters. The smallest absolute Gasteiger partial charge is 0.323 e. The van der Waals surface area contributed by atoms with Crippen LogP contribution in [0.3, 0.4) is 0 Å². The van der Waals surface area contributed by atoms with Gasteiger partial charge in [0.05, 0.1) is 13.2 Å². The van der Waals surface area contributed by atoms with Crippen LogP contribution in [0.5, 0.6) is 0 Å². The Hall–Kier alpha value is -0.610. The number of ether oxygens (including phenoxy) is 2. The second kappa shape index (κ2) is 7.67. The monoisotopic (exact) mass is 243 g/mol. The molecule has 0 N–H and O–H groups in total. The first kappa shape index (κ1) is 14.5. The molecule has 0 aromatic carbocycles. The predicted molar refractivity (Wildman–Crippen MR) is 66.9 cm³/mol. The fourth-order valence-corrected chi connectivity index (χ4v) is 2.13. The minimum Gasteiger partial charge on any atom is -0.465 e. The summed E-state index contributed by atoms with van der Waals surface area (Å²) in [6, 6.07) is 0.480. The number of hydrogen-bond donors (Lipinski definition) is 0. The highest BCUT2D eigenvalue weighted by atomic mass is 16.5. The van der Waals surface area contributed by atoms with Crippen molar-refractivity contribution in [2.24, 2.45) is 0 Å². The third-order valence-corrected chi connectivity index (χ3v) is 3.09. The molecule has 4 heteroatoms. The third-order valence-electron chi connectivity index (χ3n) is 3.09. The highest BCUT2D eigenvalue weighted by Crippen LogP contribution is 2.30. The zero-order valence-corrected chi connectivity index (χ0v) is 11.3. The van der Waals surface area contributed by atoms with Gasteiger partial charge in [-0.15, -0.1) is 0 Å². The number of nitrogens with zero attached hydrogens (tertiary/aromatic N) is 1. The van der Waals surface area contributed by atoms with Gasteiger partial charge in [-0.2, -0.15) is 0 Å². The lowest BCUT2D eigenvalue weighted by molar-refractivity contribution is -0.150. The van der Waals surface area contributed by atoms with Gasteiger partial charge in [0.1, 0.15) is 6.04 Å². The summed E-state index contributed by atoms with van der Waals surface area (Å²) in [4.78, 5) is 14.2. The Balaban J connectivity index is 2.59. The molecule has 0 amide bonds. The number of methoxy groups -OCH3 is 1. The Bertz CT molecular complexity index is 229. The molecule has 1 fully saturated rings. The van der Waals surface area contributed by atoms with Crippen LogP contribution in [0.25, 0.3) is 0 Å². The van der Waals surface area contributed by atoms with Crippen LogP contribution in [0, 0.1) is 0 Å². The van der Waals surface area contributed by atoms with Crippen LogP contribution in [0.2, 0.25) is 0 Å². The minimum atomic E-state index is -0.0809. The Morgan fingerprint density at radius 3 is 2.59 bits per heavy atom. The van der Waals surface area contributed by atoms with Crippen molar-refractivity contribution in [3.05, 3.63) is 0 Å². The minimum absolute atomic E-state index is 0.0719. The molecule has 0 radical (unpaired) electrons. The summed E-state index contributed by atoms with van der Waals surface area (Å²) in [5.74, 6) is -0.0719. The topological polar surface area (TPSA) is 38.8 Å². The number of carbonyl (C=O) groups excluding carboxylic acids is 1. The number of rotatable bonds is 9. The van der Waals surface area contributed by atoms with Gasteiger partial charge in [0.15, 0.2) is 0 Å². The van der Waals surface area contributed by atoms with Gasteiger partial charge < -0.3 is 9.47 Å². The summed E-state index contributed by atoms with van der Waals surface area (Å²) >= 11 is 0. The lowest BCUT2D eigenvalue weighted by atomic mass is 10.1. The fourth-order valence-electron chi connectivity index (χ4n) is 2.13. The number of esters is 1. The van der Waals surface area contributed by atoms with Gasteiger partial charge in [0, 0.05) is 19.7 Å². The van der Waals surface area contributed by atoms with Crippen molar-refractivity contribution in [2.45, 2.75) is 51.6 Å². The van der Waals surface area contributed by atoms with Gasteiger partial charge in [-0.05, 0) is 26.2 Å². The quantitative estimate of drug-likeness (QED) is 0.579. The Morgan fingerprint density at radius 2 is 2.12 bits per heavy atom. The van der Waals surface area contributed by atoms with E-state index in [0.717, 1.165) is 19.4 Å². The molecule has 1 aliphatic carbocycles. The first-order chi connectivity index (χ1) is 8.24. The van der Waals surface area contributed by atoms with Gasteiger partial charge >= 0.3 is 5.97 Å². The molecule has 0 heterocycles. The van der Waals surface area contributed by atoms with E-state index in [1.165, 1.54) is 12.8 Å². The van der Waals surface area contributed by atoms with Crippen LogP contribution < -0.4 is 0 Å². The van der Waals surface area contributed by atoms with Crippen molar-refractivity contribution in [3.63, 3.8) is 0 Å². The first-order valence-electron chi connectivity index (χ1n) is 6.65. The lowest BCUT2D eigenvalue weighted by Crippen LogP contribution is -2.45. The molecule has 17 heavy (non-hydrogen) atoms. The van der Waals surface area contributed by atoms with E-state index < -0.39 is 0 Å². The molecule has 0 aromatic rings. The highest BCUT2D eigenvalue weighted by molar-refractivity contribution is 5.75. The lowest BCUT2D eigenvalue weighted by Gasteiger charge is -2.29. The SMILES string of the molecule is CCCC(C(=O)OCC)N(CCOC)C1CC1. The molecule has 1 aliphatic rings. The van der Waals surface area contributed by atoms with Crippen LogP contribution in [0.1, 0.15) is 39.5 Å². The average molecular weight is 243 g/mol. The number of carbonyl (C=O) groups is 1. The largest absolute Gasteiger partial charge is 0.465 e. The third kappa shape index (κ3) is 4.64. The van der Waals surface area contributed by atoms with E-state index in [2.05, 4.69) is 11.8 Å². The second-order valence-electron chi connectivity index (χ2n) is 4.52. The summed E-state index contributed by atoms with van der Waals surface area (Å²) in [5, 5.41) is 0. The van der Waals surface area contributed by atoms with Crippen LogP contribution >= 0.6 is 0 Å². The van der Waals surface area contributed by atoms with E-state index in [0.29, 0.717) is 19.3 Å². The standard InChI is InChI=1S/C13H25NO3/c1-4-6-12(13(15)17-5-2)14(9-10-16-3)11-7-8-11/h11-12H,4-10H2,1-3H3.